The molecule has 1 aliphatic rings. The summed E-state index contributed by atoms with van der Waals surface area (Å²) < 4.78 is 49.3. The van der Waals surface area contributed by atoms with Crippen LogP contribution < -0.4 is 5.73 Å². The van der Waals surface area contributed by atoms with Crippen molar-refractivity contribution >= 4 is 19.7 Å². The van der Waals surface area contributed by atoms with Crippen molar-refractivity contribution in [3.05, 3.63) is 53.6 Å². The van der Waals surface area contributed by atoms with E-state index in [-0.39, 0.29) is 20.6 Å². The summed E-state index contributed by atoms with van der Waals surface area (Å²) >= 11 is 0. The molecule has 0 heterocycles. The minimum atomic E-state index is -3.78. The average Bonchev–Trinajstić information content (AvgIpc) is 2.60. The largest absolute Gasteiger partial charge is 0.330 e. The Hall–Kier alpha value is -1.70. The van der Waals surface area contributed by atoms with Crippen LogP contribution in [0.2, 0.25) is 0 Å². The monoisotopic (exact) mass is 379 g/mol. The lowest BCUT2D eigenvalue weighted by atomic mass is 9.83. The van der Waals surface area contributed by atoms with Crippen LogP contribution in [0.3, 0.4) is 0 Å². The second kappa shape index (κ2) is 6.55. The third kappa shape index (κ3) is 3.49. The van der Waals surface area contributed by atoms with Crippen LogP contribution in [-0.2, 0) is 26.1 Å². The van der Waals surface area contributed by atoms with E-state index in [2.05, 4.69) is 0 Å². The quantitative estimate of drug-likeness (QED) is 0.880. The number of benzene rings is 2. The molecule has 2 aromatic carbocycles. The summed E-state index contributed by atoms with van der Waals surface area (Å²) in [6.07, 6.45) is 3.90. The maximum Gasteiger partial charge on any atom is 0.206 e. The topological polar surface area (TPSA) is 94.3 Å². The summed E-state index contributed by atoms with van der Waals surface area (Å²) in [7, 11) is -7.25. The van der Waals surface area contributed by atoms with E-state index in [1.54, 1.807) is 12.1 Å². The van der Waals surface area contributed by atoms with Gasteiger partial charge in [0.1, 0.15) is 0 Å². The fourth-order valence-corrected chi connectivity index (χ4v) is 5.41. The Morgan fingerprint density at radius 1 is 1.00 bits per heavy atom. The Kier molecular flexibility index (Phi) is 4.74. The van der Waals surface area contributed by atoms with Crippen LogP contribution in [0.5, 0.6) is 0 Å². The molecule has 25 heavy (non-hydrogen) atoms. The molecule has 1 aliphatic carbocycles. The second-order valence-corrected chi connectivity index (χ2v) is 10.4. The molecule has 0 radical (unpaired) electrons. The maximum absolute atomic E-state index is 12.9. The highest BCUT2D eigenvalue weighted by Gasteiger charge is 2.24. The van der Waals surface area contributed by atoms with Crippen molar-refractivity contribution in [2.75, 3.05) is 12.8 Å². The molecule has 7 heteroatoms. The molecule has 2 N–H and O–H groups in total. The fourth-order valence-electron chi connectivity index (χ4n) is 3.31. The SMILES string of the molecule is CS(=O)(=O)c1cccc(S(=O)(=O)c2ccc3c(c2)CCCC3CN)c1. The second-order valence-electron chi connectivity index (χ2n) is 6.44. The molecule has 0 bridgehead atoms. The van der Waals surface area contributed by atoms with E-state index in [1.807, 2.05) is 6.07 Å². The Labute approximate surface area is 148 Å². The molecule has 3 rings (SSSR count). The van der Waals surface area contributed by atoms with Gasteiger partial charge in [-0.25, -0.2) is 16.8 Å². The maximum atomic E-state index is 12.9. The van der Waals surface area contributed by atoms with Crippen molar-refractivity contribution < 1.29 is 16.8 Å². The zero-order valence-electron chi connectivity index (χ0n) is 14.0. The summed E-state index contributed by atoms with van der Waals surface area (Å²) in [6, 6.07) is 10.6. The summed E-state index contributed by atoms with van der Waals surface area (Å²) in [5.41, 5.74) is 7.95. The summed E-state index contributed by atoms with van der Waals surface area (Å²) in [5, 5.41) is 0. The number of nitrogens with two attached hydrogens (primary N) is 1. The molecule has 0 amide bonds. The molecule has 0 saturated heterocycles. The van der Waals surface area contributed by atoms with Crippen molar-refractivity contribution in [1.82, 2.24) is 0 Å². The minimum Gasteiger partial charge on any atom is -0.330 e. The highest BCUT2D eigenvalue weighted by atomic mass is 32.2. The first-order chi connectivity index (χ1) is 11.7. The van der Waals surface area contributed by atoms with Crippen molar-refractivity contribution in [2.24, 2.45) is 5.73 Å². The van der Waals surface area contributed by atoms with Crippen LogP contribution in [-0.4, -0.2) is 29.6 Å². The molecule has 0 aromatic heterocycles. The zero-order chi connectivity index (χ0) is 18.2. The Morgan fingerprint density at radius 3 is 2.36 bits per heavy atom. The van der Waals surface area contributed by atoms with E-state index in [0.717, 1.165) is 36.6 Å². The zero-order valence-corrected chi connectivity index (χ0v) is 15.6. The first kappa shape index (κ1) is 18.1. The molecule has 5 nitrogen and oxygen atoms in total. The van der Waals surface area contributed by atoms with Crippen molar-refractivity contribution in [3.63, 3.8) is 0 Å². The number of rotatable bonds is 4. The highest BCUT2D eigenvalue weighted by Crippen LogP contribution is 2.33. The molecule has 0 saturated carbocycles. The van der Waals surface area contributed by atoms with Crippen LogP contribution in [0.4, 0.5) is 0 Å². The van der Waals surface area contributed by atoms with Gasteiger partial charge in [-0.05, 0) is 73.2 Å². The van der Waals surface area contributed by atoms with Crippen LogP contribution in [0, 0.1) is 0 Å². The average molecular weight is 380 g/mol. The normalized spacial score (nSPS) is 17.9. The molecular weight excluding hydrogens is 358 g/mol. The predicted molar refractivity (Wildman–Crippen MR) is 96.2 cm³/mol. The lowest BCUT2D eigenvalue weighted by Gasteiger charge is -2.24. The van der Waals surface area contributed by atoms with Crippen molar-refractivity contribution in [3.8, 4) is 0 Å². The molecule has 2 aromatic rings. The van der Waals surface area contributed by atoms with E-state index in [9.17, 15) is 16.8 Å². The molecule has 0 spiro atoms. The van der Waals surface area contributed by atoms with E-state index in [4.69, 9.17) is 5.73 Å². The standard InChI is InChI=1S/C18H21NO4S2/c1-24(20,21)15-6-3-7-16(11-15)25(22,23)17-8-9-18-13(10-17)4-2-5-14(18)12-19/h3,6-11,14H,2,4-5,12,19H2,1H3. The van der Waals surface area contributed by atoms with Gasteiger partial charge < -0.3 is 5.73 Å². The number of sulfone groups is 2. The van der Waals surface area contributed by atoms with E-state index in [1.165, 1.54) is 24.3 Å². The summed E-state index contributed by atoms with van der Waals surface area (Å²) in [5.74, 6) is 0.272. The molecule has 0 fully saturated rings. The number of hydrogen-bond donors (Lipinski definition) is 1. The van der Waals surface area contributed by atoms with Gasteiger partial charge in [-0.2, -0.15) is 0 Å². The van der Waals surface area contributed by atoms with E-state index >= 15 is 0 Å². The van der Waals surface area contributed by atoms with Crippen LogP contribution in [0.15, 0.2) is 57.2 Å². The van der Waals surface area contributed by atoms with Crippen molar-refractivity contribution in [1.29, 1.82) is 0 Å². The first-order valence-electron chi connectivity index (χ1n) is 8.11. The van der Waals surface area contributed by atoms with Gasteiger partial charge in [0.15, 0.2) is 9.84 Å². The molecule has 1 unspecified atom stereocenters. The third-order valence-corrected chi connectivity index (χ3v) is 7.55. The first-order valence-corrected chi connectivity index (χ1v) is 11.5. The van der Waals surface area contributed by atoms with Gasteiger partial charge in [0.2, 0.25) is 9.84 Å². The smallest absolute Gasteiger partial charge is 0.206 e. The van der Waals surface area contributed by atoms with Gasteiger partial charge in [0.25, 0.3) is 0 Å². The van der Waals surface area contributed by atoms with E-state index in [0.29, 0.717) is 6.54 Å². The molecule has 134 valence electrons. The third-order valence-electron chi connectivity index (χ3n) is 4.69. The van der Waals surface area contributed by atoms with Gasteiger partial charge in [-0.15, -0.1) is 0 Å². The van der Waals surface area contributed by atoms with Crippen molar-refractivity contribution in [2.45, 2.75) is 39.9 Å². The lowest BCUT2D eigenvalue weighted by Crippen LogP contribution is -2.18. The number of hydrogen-bond acceptors (Lipinski definition) is 5. The predicted octanol–water partition coefficient (Wildman–Crippen LogP) is 2.30. The van der Waals surface area contributed by atoms with Crippen LogP contribution in [0.25, 0.3) is 0 Å². The molecule has 0 aliphatic heterocycles. The Morgan fingerprint density at radius 2 is 1.68 bits per heavy atom. The Bertz CT molecular complexity index is 1010. The minimum absolute atomic E-state index is 0.00488. The summed E-state index contributed by atoms with van der Waals surface area (Å²) in [6.45, 7) is 0.551. The van der Waals surface area contributed by atoms with Crippen LogP contribution >= 0.6 is 0 Å². The molecular formula is C18H21NO4S2. The van der Waals surface area contributed by atoms with Gasteiger partial charge in [-0.3, -0.25) is 0 Å². The number of fused-ring (bicyclic) bond motifs is 1. The number of aryl methyl sites for hydroxylation is 1. The molecule has 1 atom stereocenters. The van der Waals surface area contributed by atoms with E-state index < -0.39 is 19.7 Å². The lowest BCUT2D eigenvalue weighted by molar-refractivity contribution is 0.558. The summed E-state index contributed by atoms with van der Waals surface area (Å²) in [4.78, 5) is 0.172. The van der Waals surface area contributed by atoms with Gasteiger partial charge >= 0.3 is 0 Å². The Balaban J connectivity index is 2.07. The van der Waals surface area contributed by atoms with Gasteiger partial charge in [0.05, 0.1) is 14.7 Å². The fraction of sp³-hybridized carbons (Fsp3) is 0.333. The highest BCUT2D eigenvalue weighted by molar-refractivity contribution is 7.92. The van der Waals surface area contributed by atoms with Crippen LogP contribution in [0.1, 0.15) is 29.9 Å². The van der Waals surface area contributed by atoms with Gasteiger partial charge in [0, 0.05) is 6.26 Å². The van der Waals surface area contributed by atoms with Gasteiger partial charge in [-0.1, -0.05) is 12.1 Å².